The molecule has 0 aliphatic carbocycles. The standard InChI is InChI=1S/C9H9NO2S/c10-7-3-1-2-5-6(4-11)9(12)13-8(5)7/h1-3,11-12H,4,10H2. The molecule has 0 radical (unpaired) electrons. The molecule has 68 valence electrons. The van der Waals surface area contributed by atoms with Crippen molar-refractivity contribution >= 4 is 27.1 Å². The van der Waals surface area contributed by atoms with Crippen LogP contribution in [0.5, 0.6) is 5.06 Å². The van der Waals surface area contributed by atoms with Gasteiger partial charge in [0.15, 0.2) is 5.06 Å². The zero-order valence-electron chi connectivity index (χ0n) is 6.82. The van der Waals surface area contributed by atoms with Gasteiger partial charge in [-0.1, -0.05) is 23.5 Å². The maximum atomic E-state index is 9.46. The van der Waals surface area contributed by atoms with Crippen LogP contribution in [0.25, 0.3) is 10.1 Å². The summed E-state index contributed by atoms with van der Waals surface area (Å²) in [6.45, 7) is -0.157. The van der Waals surface area contributed by atoms with Gasteiger partial charge in [0, 0.05) is 16.6 Å². The van der Waals surface area contributed by atoms with Crippen LogP contribution in [0.3, 0.4) is 0 Å². The second-order valence-corrected chi connectivity index (χ2v) is 3.77. The first-order valence-corrected chi connectivity index (χ1v) is 4.65. The number of thiophene rings is 1. The monoisotopic (exact) mass is 195 g/mol. The van der Waals surface area contributed by atoms with Crippen LogP contribution in [0.2, 0.25) is 0 Å². The lowest BCUT2D eigenvalue weighted by Crippen LogP contribution is -1.84. The van der Waals surface area contributed by atoms with Gasteiger partial charge in [-0.25, -0.2) is 0 Å². The molecule has 0 aliphatic rings. The Morgan fingerprint density at radius 1 is 1.38 bits per heavy atom. The molecular formula is C9H9NO2S. The molecular weight excluding hydrogens is 186 g/mol. The summed E-state index contributed by atoms with van der Waals surface area (Å²) in [5.41, 5.74) is 6.91. The van der Waals surface area contributed by atoms with Gasteiger partial charge < -0.3 is 15.9 Å². The molecule has 0 saturated heterocycles. The number of fused-ring (bicyclic) bond motifs is 1. The average molecular weight is 195 g/mol. The minimum atomic E-state index is -0.157. The second-order valence-electron chi connectivity index (χ2n) is 2.77. The van der Waals surface area contributed by atoms with Gasteiger partial charge in [0.25, 0.3) is 0 Å². The number of nitrogen functional groups attached to an aromatic ring is 1. The normalized spacial score (nSPS) is 10.8. The molecule has 0 aliphatic heterocycles. The Balaban J connectivity index is 2.86. The number of aliphatic hydroxyl groups excluding tert-OH is 1. The summed E-state index contributed by atoms with van der Waals surface area (Å²) in [6, 6.07) is 5.43. The van der Waals surface area contributed by atoms with Crippen LogP contribution < -0.4 is 5.73 Å². The topological polar surface area (TPSA) is 66.5 Å². The summed E-state index contributed by atoms with van der Waals surface area (Å²) in [6.07, 6.45) is 0. The van der Waals surface area contributed by atoms with E-state index in [2.05, 4.69) is 0 Å². The molecule has 4 heteroatoms. The van der Waals surface area contributed by atoms with Crippen LogP contribution in [0.1, 0.15) is 5.56 Å². The van der Waals surface area contributed by atoms with E-state index in [1.54, 1.807) is 6.07 Å². The van der Waals surface area contributed by atoms with Crippen molar-refractivity contribution in [1.29, 1.82) is 0 Å². The van der Waals surface area contributed by atoms with Crippen LogP contribution in [-0.2, 0) is 6.61 Å². The number of aromatic hydroxyl groups is 1. The number of benzene rings is 1. The summed E-state index contributed by atoms with van der Waals surface area (Å²) in [7, 11) is 0. The van der Waals surface area contributed by atoms with Gasteiger partial charge in [0.2, 0.25) is 0 Å². The molecule has 0 unspecified atom stereocenters. The summed E-state index contributed by atoms with van der Waals surface area (Å²) >= 11 is 1.20. The van der Waals surface area contributed by atoms with Crippen LogP contribution in [0.15, 0.2) is 18.2 Å². The fraction of sp³-hybridized carbons (Fsp3) is 0.111. The van der Waals surface area contributed by atoms with E-state index in [0.717, 1.165) is 10.1 Å². The molecule has 4 N–H and O–H groups in total. The lowest BCUT2D eigenvalue weighted by molar-refractivity contribution is 0.278. The van der Waals surface area contributed by atoms with E-state index >= 15 is 0 Å². The van der Waals surface area contributed by atoms with E-state index in [9.17, 15) is 5.11 Å². The molecule has 2 rings (SSSR count). The molecule has 1 heterocycles. The Morgan fingerprint density at radius 3 is 2.85 bits per heavy atom. The Hall–Kier alpha value is -1.26. The number of rotatable bonds is 1. The maximum Gasteiger partial charge on any atom is 0.178 e. The maximum absolute atomic E-state index is 9.46. The third-order valence-electron chi connectivity index (χ3n) is 1.99. The SMILES string of the molecule is Nc1cccc2c(CO)c(O)sc12. The molecule has 2 aromatic rings. The first-order valence-electron chi connectivity index (χ1n) is 3.83. The van der Waals surface area contributed by atoms with Gasteiger partial charge in [-0.15, -0.1) is 0 Å². The van der Waals surface area contributed by atoms with E-state index in [4.69, 9.17) is 10.8 Å². The highest BCUT2D eigenvalue weighted by atomic mass is 32.1. The van der Waals surface area contributed by atoms with Gasteiger partial charge in [-0.3, -0.25) is 0 Å². The predicted molar refractivity (Wildman–Crippen MR) is 53.8 cm³/mol. The van der Waals surface area contributed by atoms with Crippen LogP contribution in [-0.4, -0.2) is 10.2 Å². The average Bonchev–Trinajstić information content (AvgIpc) is 2.43. The lowest BCUT2D eigenvalue weighted by Gasteiger charge is -1.95. The van der Waals surface area contributed by atoms with Crippen molar-refractivity contribution in [2.75, 3.05) is 5.73 Å². The fourth-order valence-corrected chi connectivity index (χ4v) is 2.31. The molecule has 13 heavy (non-hydrogen) atoms. The van der Waals surface area contributed by atoms with Crippen LogP contribution in [0, 0.1) is 0 Å². The van der Waals surface area contributed by atoms with E-state index in [1.807, 2.05) is 12.1 Å². The van der Waals surface area contributed by atoms with Gasteiger partial charge >= 0.3 is 0 Å². The van der Waals surface area contributed by atoms with Crippen LogP contribution in [0.4, 0.5) is 5.69 Å². The van der Waals surface area contributed by atoms with Crippen molar-refractivity contribution in [3.8, 4) is 5.06 Å². The van der Waals surface area contributed by atoms with E-state index in [1.165, 1.54) is 11.3 Å². The minimum absolute atomic E-state index is 0.149. The highest BCUT2D eigenvalue weighted by Crippen LogP contribution is 2.39. The largest absolute Gasteiger partial charge is 0.499 e. The lowest BCUT2D eigenvalue weighted by atomic mass is 10.1. The molecule has 0 spiro atoms. The van der Waals surface area contributed by atoms with Gasteiger partial charge in [-0.05, 0) is 6.07 Å². The highest BCUT2D eigenvalue weighted by Gasteiger charge is 2.11. The number of hydrogen-bond acceptors (Lipinski definition) is 4. The summed E-state index contributed by atoms with van der Waals surface area (Å²) in [5, 5.41) is 19.5. The zero-order valence-corrected chi connectivity index (χ0v) is 7.64. The number of aliphatic hydroxyl groups is 1. The Bertz CT molecular complexity index is 450. The molecule has 0 amide bonds. The molecule has 0 bridgehead atoms. The zero-order chi connectivity index (χ0) is 9.42. The Kier molecular flexibility index (Phi) is 1.86. The molecule has 1 aromatic carbocycles. The number of anilines is 1. The highest BCUT2D eigenvalue weighted by molar-refractivity contribution is 7.21. The van der Waals surface area contributed by atoms with E-state index < -0.39 is 0 Å². The fourth-order valence-electron chi connectivity index (χ4n) is 1.33. The molecule has 1 aromatic heterocycles. The van der Waals surface area contributed by atoms with E-state index in [0.29, 0.717) is 11.3 Å². The molecule has 0 fully saturated rings. The number of hydrogen-bond donors (Lipinski definition) is 3. The molecule has 0 saturated carbocycles. The first kappa shape index (κ1) is 8.34. The summed E-state index contributed by atoms with van der Waals surface area (Å²) in [5.74, 6) is 0. The van der Waals surface area contributed by atoms with Crippen molar-refractivity contribution in [2.24, 2.45) is 0 Å². The molecule has 3 nitrogen and oxygen atoms in total. The van der Waals surface area contributed by atoms with Crippen molar-refractivity contribution < 1.29 is 10.2 Å². The third-order valence-corrected chi connectivity index (χ3v) is 3.09. The predicted octanol–water partition coefficient (Wildman–Crippen LogP) is 1.68. The van der Waals surface area contributed by atoms with E-state index in [-0.39, 0.29) is 11.7 Å². The summed E-state index contributed by atoms with van der Waals surface area (Å²) in [4.78, 5) is 0. The van der Waals surface area contributed by atoms with Crippen molar-refractivity contribution in [1.82, 2.24) is 0 Å². The first-order chi connectivity index (χ1) is 6.24. The minimum Gasteiger partial charge on any atom is -0.499 e. The van der Waals surface area contributed by atoms with Crippen molar-refractivity contribution in [3.05, 3.63) is 23.8 Å². The second kappa shape index (κ2) is 2.90. The third kappa shape index (κ3) is 1.15. The summed E-state index contributed by atoms with van der Waals surface area (Å²) < 4.78 is 0.837. The van der Waals surface area contributed by atoms with Crippen molar-refractivity contribution in [3.63, 3.8) is 0 Å². The van der Waals surface area contributed by atoms with Gasteiger partial charge in [0.05, 0.1) is 11.3 Å². The Labute approximate surface area is 79.0 Å². The van der Waals surface area contributed by atoms with Gasteiger partial charge in [-0.2, -0.15) is 0 Å². The van der Waals surface area contributed by atoms with Crippen molar-refractivity contribution in [2.45, 2.75) is 6.61 Å². The number of nitrogens with two attached hydrogens (primary N) is 1. The smallest absolute Gasteiger partial charge is 0.178 e. The quantitative estimate of drug-likeness (QED) is 0.606. The molecule has 0 atom stereocenters. The van der Waals surface area contributed by atoms with Crippen LogP contribution >= 0.6 is 11.3 Å². The van der Waals surface area contributed by atoms with Gasteiger partial charge in [0.1, 0.15) is 0 Å². The Morgan fingerprint density at radius 2 is 2.15 bits per heavy atom.